The van der Waals surface area contributed by atoms with Gasteiger partial charge in [0.1, 0.15) is 17.4 Å². The Morgan fingerprint density at radius 3 is 2.49 bits per heavy atom. The van der Waals surface area contributed by atoms with Gasteiger partial charge in [0.15, 0.2) is 11.6 Å². The lowest BCUT2D eigenvalue weighted by molar-refractivity contribution is 0.161. The van der Waals surface area contributed by atoms with Crippen molar-refractivity contribution in [1.29, 1.82) is 0 Å². The van der Waals surface area contributed by atoms with Crippen LogP contribution in [0.3, 0.4) is 0 Å². The Morgan fingerprint density at radius 1 is 1.03 bits per heavy atom. The first-order chi connectivity index (χ1) is 16.9. The molecule has 1 aromatic carbocycles. The van der Waals surface area contributed by atoms with Crippen molar-refractivity contribution >= 4 is 39.4 Å². The van der Waals surface area contributed by atoms with E-state index in [1.54, 1.807) is 0 Å². The average molecular weight is 498 g/mol. The standard InChI is InChI=1S/C25H35N7O2S/c1-17(14-19(3)33)13-18(2)29-25-30-21-22(24(31-25)32-9-11-35(34)12-10-32)27-16-28-23(21)26-15-20-7-5-4-6-8-20/h4-8,16-19,33H,9-15H2,1-3H3,(H,26,27,28)(H,29,30,31). The molecule has 3 N–H and O–H groups in total. The van der Waals surface area contributed by atoms with Gasteiger partial charge < -0.3 is 20.6 Å². The van der Waals surface area contributed by atoms with Gasteiger partial charge in [-0.2, -0.15) is 4.98 Å². The van der Waals surface area contributed by atoms with Crippen LogP contribution >= 0.6 is 0 Å². The second kappa shape index (κ2) is 11.7. The van der Waals surface area contributed by atoms with Gasteiger partial charge in [-0.25, -0.2) is 15.0 Å². The molecule has 1 saturated heterocycles. The maximum Gasteiger partial charge on any atom is 0.225 e. The lowest BCUT2D eigenvalue weighted by Crippen LogP contribution is -2.38. The fourth-order valence-electron chi connectivity index (χ4n) is 4.54. The van der Waals surface area contributed by atoms with Crippen molar-refractivity contribution in [3.8, 4) is 0 Å². The lowest BCUT2D eigenvalue weighted by Gasteiger charge is -2.28. The molecule has 4 rings (SSSR count). The second-order valence-corrected chi connectivity index (χ2v) is 11.1. The van der Waals surface area contributed by atoms with E-state index in [1.807, 2.05) is 25.1 Å². The van der Waals surface area contributed by atoms with Gasteiger partial charge in [-0.05, 0) is 38.2 Å². The minimum atomic E-state index is -0.790. The van der Waals surface area contributed by atoms with Gasteiger partial charge in [0.25, 0.3) is 0 Å². The number of hydrogen-bond donors (Lipinski definition) is 3. The number of hydrogen-bond acceptors (Lipinski definition) is 9. The van der Waals surface area contributed by atoms with Crippen LogP contribution < -0.4 is 15.5 Å². The number of fused-ring (bicyclic) bond motifs is 1. The number of rotatable bonds is 10. The summed E-state index contributed by atoms with van der Waals surface area (Å²) in [5.74, 6) is 3.51. The first-order valence-corrected chi connectivity index (χ1v) is 13.7. The summed E-state index contributed by atoms with van der Waals surface area (Å²) < 4.78 is 12.0. The molecule has 35 heavy (non-hydrogen) atoms. The molecule has 3 aromatic rings. The maximum absolute atomic E-state index is 12.0. The lowest BCUT2D eigenvalue weighted by atomic mass is 9.97. The van der Waals surface area contributed by atoms with Gasteiger partial charge in [-0.15, -0.1) is 0 Å². The van der Waals surface area contributed by atoms with Crippen LogP contribution in [0.1, 0.15) is 39.2 Å². The van der Waals surface area contributed by atoms with Crippen LogP contribution in [0, 0.1) is 5.92 Å². The predicted molar refractivity (Wildman–Crippen MR) is 142 cm³/mol. The van der Waals surface area contributed by atoms with E-state index in [-0.39, 0.29) is 12.1 Å². The fraction of sp³-hybridized carbons (Fsp3) is 0.520. The highest BCUT2D eigenvalue weighted by molar-refractivity contribution is 7.85. The summed E-state index contributed by atoms with van der Waals surface area (Å²) in [7, 11) is -0.790. The number of aromatic nitrogens is 4. The van der Waals surface area contributed by atoms with Crippen molar-refractivity contribution in [2.75, 3.05) is 40.1 Å². The Kier molecular flexibility index (Phi) is 8.46. The van der Waals surface area contributed by atoms with Crippen molar-refractivity contribution in [2.45, 2.75) is 52.3 Å². The SMILES string of the molecule is CC(O)CC(C)CC(C)Nc1nc(N2CCS(=O)CC2)c2ncnc(NCc3ccccc3)c2n1. The Hall–Kier alpha value is -2.85. The normalized spacial score (nSPS) is 17.2. The molecule has 0 saturated carbocycles. The molecular formula is C25H35N7O2S. The minimum absolute atomic E-state index is 0.119. The third-order valence-corrected chi connectivity index (χ3v) is 7.39. The number of nitrogens with zero attached hydrogens (tertiary/aromatic N) is 5. The van der Waals surface area contributed by atoms with Crippen LogP contribution in [0.4, 0.5) is 17.6 Å². The summed E-state index contributed by atoms with van der Waals surface area (Å²) in [5.41, 5.74) is 2.49. The highest BCUT2D eigenvalue weighted by Gasteiger charge is 2.23. The van der Waals surface area contributed by atoms with E-state index >= 15 is 0 Å². The van der Waals surface area contributed by atoms with Gasteiger partial charge in [0, 0.05) is 48.0 Å². The highest BCUT2D eigenvalue weighted by atomic mass is 32.2. The van der Waals surface area contributed by atoms with E-state index in [0.717, 1.165) is 24.2 Å². The molecule has 3 heterocycles. The van der Waals surface area contributed by atoms with Crippen LogP contribution in [0.5, 0.6) is 0 Å². The fourth-order valence-corrected chi connectivity index (χ4v) is 5.59. The molecule has 9 nitrogen and oxygen atoms in total. The van der Waals surface area contributed by atoms with Crippen LogP contribution in [0.25, 0.3) is 11.0 Å². The summed E-state index contributed by atoms with van der Waals surface area (Å²) >= 11 is 0. The Bertz CT molecular complexity index is 1140. The van der Waals surface area contributed by atoms with Crippen molar-refractivity contribution < 1.29 is 9.32 Å². The van der Waals surface area contributed by atoms with Crippen LogP contribution in [0.15, 0.2) is 36.7 Å². The van der Waals surface area contributed by atoms with Crippen LogP contribution in [0.2, 0.25) is 0 Å². The largest absolute Gasteiger partial charge is 0.393 e. The smallest absolute Gasteiger partial charge is 0.225 e. The highest BCUT2D eigenvalue weighted by Crippen LogP contribution is 2.29. The zero-order chi connectivity index (χ0) is 24.8. The van der Waals surface area contributed by atoms with Crippen molar-refractivity contribution in [1.82, 2.24) is 19.9 Å². The van der Waals surface area contributed by atoms with Crippen molar-refractivity contribution in [2.24, 2.45) is 5.92 Å². The van der Waals surface area contributed by atoms with Crippen molar-refractivity contribution in [3.63, 3.8) is 0 Å². The Labute approximate surface area is 209 Å². The van der Waals surface area contributed by atoms with E-state index in [4.69, 9.17) is 9.97 Å². The molecule has 3 unspecified atom stereocenters. The first kappa shape index (κ1) is 25.2. The molecule has 0 spiro atoms. The van der Waals surface area contributed by atoms with Gasteiger partial charge >= 0.3 is 0 Å². The molecule has 0 bridgehead atoms. The number of nitrogens with one attached hydrogen (secondary N) is 2. The van der Waals surface area contributed by atoms with Gasteiger partial charge in [0.05, 0.1) is 6.10 Å². The zero-order valence-electron chi connectivity index (χ0n) is 20.6. The maximum atomic E-state index is 12.0. The summed E-state index contributed by atoms with van der Waals surface area (Å²) in [5, 5.41) is 16.6. The predicted octanol–water partition coefficient (Wildman–Crippen LogP) is 3.20. The van der Waals surface area contributed by atoms with E-state index in [1.165, 1.54) is 6.33 Å². The number of aliphatic hydroxyl groups is 1. The third-order valence-electron chi connectivity index (χ3n) is 6.12. The van der Waals surface area contributed by atoms with Crippen LogP contribution in [-0.4, -0.2) is 66.0 Å². The second-order valence-electron chi connectivity index (χ2n) is 9.44. The van der Waals surface area contributed by atoms with Gasteiger partial charge in [-0.1, -0.05) is 37.3 Å². The van der Waals surface area contributed by atoms with E-state index in [0.29, 0.717) is 59.9 Å². The van der Waals surface area contributed by atoms with E-state index < -0.39 is 10.8 Å². The summed E-state index contributed by atoms with van der Waals surface area (Å²) in [6.07, 6.45) is 2.86. The number of anilines is 3. The summed E-state index contributed by atoms with van der Waals surface area (Å²) in [6.45, 7) is 8.01. The minimum Gasteiger partial charge on any atom is -0.393 e. The summed E-state index contributed by atoms with van der Waals surface area (Å²) in [6, 6.07) is 10.3. The van der Waals surface area contributed by atoms with E-state index in [9.17, 15) is 9.32 Å². The molecule has 0 aliphatic carbocycles. The van der Waals surface area contributed by atoms with Crippen molar-refractivity contribution in [3.05, 3.63) is 42.2 Å². The molecule has 1 aliphatic rings. The molecule has 3 atom stereocenters. The molecule has 188 valence electrons. The van der Waals surface area contributed by atoms with Gasteiger partial charge in [0.2, 0.25) is 5.95 Å². The molecule has 10 heteroatoms. The third kappa shape index (κ3) is 6.85. The molecular weight excluding hydrogens is 462 g/mol. The number of benzene rings is 1. The zero-order valence-corrected chi connectivity index (χ0v) is 21.5. The first-order valence-electron chi connectivity index (χ1n) is 12.2. The van der Waals surface area contributed by atoms with Crippen LogP contribution in [-0.2, 0) is 17.3 Å². The molecule has 1 fully saturated rings. The Balaban J connectivity index is 1.64. The van der Waals surface area contributed by atoms with E-state index in [2.05, 4.69) is 51.5 Å². The topological polar surface area (TPSA) is 116 Å². The summed E-state index contributed by atoms with van der Waals surface area (Å²) in [4.78, 5) is 20.8. The number of aliphatic hydroxyl groups excluding tert-OH is 1. The quantitative estimate of drug-likeness (QED) is 0.388. The monoisotopic (exact) mass is 497 g/mol. The molecule has 1 aliphatic heterocycles. The van der Waals surface area contributed by atoms with Gasteiger partial charge in [-0.3, -0.25) is 4.21 Å². The average Bonchev–Trinajstić information content (AvgIpc) is 2.83. The molecule has 2 aromatic heterocycles. The molecule has 0 radical (unpaired) electrons. The molecule has 0 amide bonds. The Morgan fingerprint density at radius 2 is 1.77 bits per heavy atom.